The number of nitrogens with one attached hydrogen (secondary N) is 1. The molecule has 0 bridgehead atoms. The Labute approximate surface area is 68.0 Å². The average Bonchev–Trinajstić information content (AvgIpc) is 1.97. The van der Waals surface area contributed by atoms with Crippen molar-refractivity contribution in [1.29, 1.82) is 0 Å². The summed E-state index contributed by atoms with van der Waals surface area (Å²) in [6.07, 6.45) is 7.40. The molecule has 62 valence electrons. The molecule has 0 aromatic rings. The third-order valence-electron chi connectivity index (χ3n) is 1.42. The highest BCUT2D eigenvalue weighted by atomic mass is 16.1. The summed E-state index contributed by atoms with van der Waals surface area (Å²) < 4.78 is 0. The molecule has 2 heteroatoms. The molecule has 0 aliphatic carbocycles. The quantitative estimate of drug-likeness (QED) is 0.620. The van der Waals surface area contributed by atoms with Crippen LogP contribution in [0.5, 0.6) is 0 Å². The number of carbonyl (C=O) groups is 1. The van der Waals surface area contributed by atoms with E-state index in [2.05, 4.69) is 5.32 Å². The summed E-state index contributed by atoms with van der Waals surface area (Å²) in [7, 11) is 1.83. The van der Waals surface area contributed by atoms with Gasteiger partial charge in [0.2, 0.25) is 0 Å². The van der Waals surface area contributed by atoms with Gasteiger partial charge >= 0.3 is 0 Å². The zero-order chi connectivity index (χ0) is 8.69. The van der Waals surface area contributed by atoms with E-state index < -0.39 is 0 Å². The van der Waals surface area contributed by atoms with Crippen LogP contribution >= 0.6 is 0 Å². The van der Waals surface area contributed by atoms with Crippen LogP contribution in [-0.4, -0.2) is 12.8 Å². The van der Waals surface area contributed by atoms with E-state index in [1.807, 2.05) is 38.4 Å². The first-order chi connectivity index (χ1) is 5.18. The second-order valence-corrected chi connectivity index (χ2v) is 2.43. The molecular weight excluding hydrogens is 138 g/mol. The van der Waals surface area contributed by atoms with E-state index in [-0.39, 0.29) is 11.7 Å². The summed E-state index contributed by atoms with van der Waals surface area (Å²) in [5, 5.41) is 2.85. The van der Waals surface area contributed by atoms with Crippen molar-refractivity contribution in [3.63, 3.8) is 0 Å². The summed E-state index contributed by atoms with van der Waals surface area (Å²) in [5.41, 5.74) is 0. The lowest BCUT2D eigenvalue weighted by molar-refractivity contribution is -0.118. The van der Waals surface area contributed by atoms with Gasteiger partial charge in [0.1, 0.15) is 5.78 Å². The van der Waals surface area contributed by atoms with Crippen molar-refractivity contribution in [3.05, 3.63) is 24.4 Å². The maximum absolute atomic E-state index is 10.7. The molecule has 11 heavy (non-hydrogen) atoms. The molecule has 0 saturated heterocycles. The van der Waals surface area contributed by atoms with E-state index in [0.29, 0.717) is 0 Å². The van der Waals surface area contributed by atoms with Crippen molar-refractivity contribution in [1.82, 2.24) is 5.32 Å². The van der Waals surface area contributed by atoms with Crippen LogP contribution in [0.3, 0.4) is 0 Å². The normalized spacial score (nSPS) is 14.1. The molecule has 0 heterocycles. The smallest absolute Gasteiger partial charge is 0.136 e. The second-order valence-electron chi connectivity index (χ2n) is 2.43. The van der Waals surface area contributed by atoms with Crippen molar-refractivity contribution in [2.75, 3.05) is 7.05 Å². The predicted molar refractivity (Wildman–Crippen MR) is 47.2 cm³/mol. The highest BCUT2D eigenvalue weighted by molar-refractivity contribution is 5.79. The van der Waals surface area contributed by atoms with Gasteiger partial charge in [-0.15, -0.1) is 0 Å². The van der Waals surface area contributed by atoms with Crippen molar-refractivity contribution < 1.29 is 4.79 Å². The molecule has 0 fully saturated rings. The Morgan fingerprint density at radius 1 is 1.45 bits per heavy atom. The van der Waals surface area contributed by atoms with Gasteiger partial charge in [0, 0.05) is 13.0 Å². The number of ketones is 1. The Morgan fingerprint density at radius 3 is 2.55 bits per heavy atom. The van der Waals surface area contributed by atoms with E-state index in [1.54, 1.807) is 6.92 Å². The fourth-order valence-corrected chi connectivity index (χ4v) is 0.518. The Morgan fingerprint density at radius 2 is 2.09 bits per heavy atom. The molecule has 0 rings (SSSR count). The summed E-state index contributed by atoms with van der Waals surface area (Å²) in [5.74, 6) is 0.218. The SMILES string of the molecule is CN/C=C/C=C/C(C)C(C)=O. The summed E-state index contributed by atoms with van der Waals surface area (Å²) in [4.78, 5) is 10.7. The van der Waals surface area contributed by atoms with Gasteiger partial charge in [-0.3, -0.25) is 4.79 Å². The van der Waals surface area contributed by atoms with Crippen molar-refractivity contribution in [2.45, 2.75) is 13.8 Å². The van der Waals surface area contributed by atoms with Crippen LogP contribution in [0.1, 0.15) is 13.8 Å². The van der Waals surface area contributed by atoms with E-state index in [1.165, 1.54) is 0 Å². The number of hydrogen-bond acceptors (Lipinski definition) is 2. The molecule has 0 aromatic heterocycles. The highest BCUT2D eigenvalue weighted by Gasteiger charge is 1.99. The Kier molecular flexibility index (Phi) is 5.17. The highest BCUT2D eigenvalue weighted by Crippen LogP contribution is 1.97. The molecule has 2 nitrogen and oxygen atoms in total. The largest absolute Gasteiger partial charge is 0.394 e. The van der Waals surface area contributed by atoms with Gasteiger partial charge in [-0.2, -0.15) is 0 Å². The van der Waals surface area contributed by atoms with E-state index in [0.717, 1.165) is 0 Å². The summed E-state index contributed by atoms with van der Waals surface area (Å²) in [6.45, 7) is 3.48. The first kappa shape index (κ1) is 9.95. The van der Waals surface area contributed by atoms with E-state index in [4.69, 9.17) is 0 Å². The molecule has 0 aliphatic heterocycles. The van der Waals surface area contributed by atoms with Crippen LogP contribution in [0, 0.1) is 5.92 Å². The molecule has 1 N–H and O–H groups in total. The van der Waals surface area contributed by atoms with Crippen LogP contribution in [0.15, 0.2) is 24.4 Å². The van der Waals surface area contributed by atoms with Gasteiger partial charge in [0.15, 0.2) is 0 Å². The molecule has 1 atom stereocenters. The van der Waals surface area contributed by atoms with Crippen molar-refractivity contribution in [2.24, 2.45) is 5.92 Å². The Balaban J connectivity index is 3.74. The van der Waals surface area contributed by atoms with Crippen molar-refractivity contribution >= 4 is 5.78 Å². The van der Waals surface area contributed by atoms with E-state index >= 15 is 0 Å². The van der Waals surface area contributed by atoms with Gasteiger partial charge in [-0.25, -0.2) is 0 Å². The standard InChI is InChI=1S/C9H15NO/c1-8(9(2)11)6-4-5-7-10-3/h4-8,10H,1-3H3/b6-4+,7-5+. The van der Waals surface area contributed by atoms with Gasteiger partial charge < -0.3 is 5.32 Å². The van der Waals surface area contributed by atoms with Crippen LogP contribution in [0.4, 0.5) is 0 Å². The molecule has 0 spiro atoms. The first-order valence-electron chi connectivity index (χ1n) is 3.69. The zero-order valence-corrected chi connectivity index (χ0v) is 7.29. The molecule has 0 aliphatic rings. The fourth-order valence-electron chi connectivity index (χ4n) is 0.518. The summed E-state index contributed by atoms with van der Waals surface area (Å²) >= 11 is 0. The van der Waals surface area contributed by atoms with Gasteiger partial charge in [-0.05, 0) is 19.2 Å². The number of Topliss-reactive ketones (excluding diaryl/α,β-unsaturated/α-hetero) is 1. The molecule has 0 amide bonds. The lowest BCUT2D eigenvalue weighted by atomic mass is 10.1. The Hall–Kier alpha value is -1.05. The zero-order valence-electron chi connectivity index (χ0n) is 7.29. The summed E-state index contributed by atoms with van der Waals surface area (Å²) in [6, 6.07) is 0. The minimum Gasteiger partial charge on any atom is -0.394 e. The molecule has 0 radical (unpaired) electrons. The third kappa shape index (κ3) is 5.40. The van der Waals surface area contributed by atoms with E-state index in [9.17, 15) is 4.79 Å². The molecule has 1 unspecified atom stereocenters. The average molecular weight is 153 g/mol. The first-order valence-corrected chi connectivity index (χ1v) is 3.69. The van der Waals surface area contributed by atoms with Gasteiger partial charge in [0.05, 0.1) is 0 Å². The molecular formula is C9H15NO. The van der Waals surface area contributed by atoms with Gasteiger partial charge in [0.25, 0.3) is 0 Å². The maximum Gasteiger partial charge on any atom is 0.136 e. The van der Waals surface area contributed by atoms with Crippen molar-refractivity contribution in [3.8, 4) is 0 Å². The number of allylic oxidation sites excluding steroid dienone is 3. The lowest BCUT2D eigenvalue weighted by Gasteiger charge is -1.96. The second kappa shape index (κ2) is 5.71. The topological polar surface area (TPSA) is 29.1 Å². The van der Waals surface area contributed by atoms with Crippen LogP contribution in [-0.2, 0) is 4.79 Å². The minimum atomic E-state index is 0.0245. The lowest BCUT2D eigenvalue weighted by Crippen LogP contribution is -2.01. The third-order valence-corrected chi connectivity index (χ3v) is 1.42. The Bertz CT molecular complexity index is 170. The number of hydrogen-bond donors (Lipinski definition) is 1. The van der Waals surface area contributed by atoms with Gasteiger partial charge in [-0.1, -0.05) is 19.1 Å². The minimum absolute atomic E-state index is 0.0245. The maximum atomic E-state index is 10.7. The van der Waals surface area contributed by atoms with Crippen LogP contribution in [0.25, 0.3) is 0 Å². The van der Waals surface area contributed by atoms with Crippen LogP contribution < -0.4 is 5.32 Å². The number of rotatable bonds is 4. The predicted octanol–water partition coefficient (Wildman–Crippen LogP) is 1.50. The fraction of sp³-hybridized carbons (Fsp3) is 0.444. The van der Waals surface area contributed by atoms with Crippen LogP contribution in [0.2, 0.25) is 0 Å². The molecule has 0 aromatic carbocycles. The monoisotopic (exact) mass is 153 g/mol. The molecule has 0 saturated carbocycles. The number of carbonyl (C=O) groups excluding carboxylic acids is 1.